The lowest BCUT2D eigenvalue weighted by molar-refractivity contribution is 0.0784. The number of alkyl halides is 1. The molecular weight excluding hydrogens is 362 g/mol. The van der Waals surface area contributed by atoms with Crippen LogP contribution in [0.5, 0.6) is 0 Å². The van der Waals surface area contributed by atoms with Gasteiger partial charge >= 0.3 is 0 Å². The van der Waals surface area contributed by atoms with Gasteiger partial charge in [-0.05, 0) is 25.0 Å². The summed E-state index contributed by atoms with van der Waals surface area (Å²) in [5, 5.41) is 0. The van der Waals surface area contributed by atoms with E-state index < -0.39 is 10.0 Å². The minimum atomic E-state index is -3.24. The number of sulfonamides is 1. The van der Waals surface area contributed by atoms with Gasteiger partial charge in [-0.15, -0.1) is 11.8 Å². The summed E-state index contributed by atoms with van der Waals surface area (Å²) < 4.78 is 31.2. The first kappa shape index (κ1) is 16.3. The Morgan fingerprint density at radius 1 is 1.25 bits per heavy atom. The maximum absolute atomic E-state index is 11.6. The Bertz CT molecular complexity index is 516. The van der Waals surface area contributed by atoms with Gasteiger partial charge in [-0.1, -0.05) is 34.1 Å². The molecule has 0 unspecified atom stereocenters. The molecule has 1 aliphatic rings. The Morgan fingerprint density at radius 3 is 2.50 bits per heavy atom. The molecule has 1 N–H and O–H groups in total. The number of halogens is 1. The van der Waals surface area contributed by atoms with E-state index >= 15 is 0 Å². The van der Waals surface area contributed by atoms with Crippen LogP contribution in [0.25, 0.3) is 0 Å². The second kappa shape index (κ2) is 7.26. The summed E-state index contributed by atoms with van der Waals surface area (Å²) in [4.78, 5) is 1.16. The van der Waals surface area contributed by atoms with Gasteiger partial charge in [0, 0.05) is 29.4 Å². The van der Waals surface area contributed by atoms with Crippen molar-refractivity contribution in [2.24, 2.45) is 0 Å². The minimum absolute atomic E-state index is 0.0669. The molecule has 1 heterocycles. The topological polar surface area (TPSA) is 55.4 Å². The molecule has 4 nitrogen and oxygen atoms in total. The van der Waals surface area contributed by atoms with Crippen LogP contribution < -0.4 is 4.72 Å². The molecule has 0 bridgehead atoms. The second-order valence-electron chi connectivity index (χ2n) is 4.76. The molecule has 2 rings (SSSR count). The smallest absolute Gasteiger partial charge is 0.221 e. The molecule has 0 atom stereocenters. The van der Waals surface area contributed by atoms with E-state index in [4.69, 9.17) is 4.74 Å². The van der Waals surface area contributed by atoms with E-state index in [0.29, 0.717) is 19.8 Å². The van der Waals surface area contributed by atoms with Crippen LogP contribution in [-0.4, -0.2) is 37.6 Å². The maximum atomic E-state index is 11.6. The molecule has 20 heavy (non-hydrogen) atoms. The van der Waals surface area contributed by atoms with Crippen LogP contribution >= 0.6 is 27.7 Å². The zero-order chi connectivity index (χ0) is 14.5. The van der Waals surface area contributed by atoms with Gasteiger partial charge in [0.2, 0.25) is 10.0 Å². The van der Waals surface area contributed by atoms with Crippen molar-refractivity contribution in [1.82, 2.24) is 4.72 Å². The molecule has 1 fully saturated rings. The Morgan fingerprint density at radius 2 is 1.90 bits per heavy atom. The first-order valence-electron chi connectivity index (χ1n) is 6.40. The molecule has 1 saturated heterocycles. The Hall–Kier alpha value is -0.0800. The van der Waals surface area contributed by atoms with Gasteiger partial charge in [0.25, 0.3) is 0 Å². The first-order valence-corrected chi connectivity index (χ1v) is 9.99. The third-order valence-corrected chi connectivity index (χ3v) is 7.41. The summed E-state index contributed by atoms with van der Waals surface area (Å²) in [6.07, 6.45) is 1.69. The lowest BCUT2D eigenvalue weighted by atomic mass is 9.99. The van der Waals surface area contributed by atoms with Gasteiger partial charge in [0.1, 0.15) is 4.66 Å². The van der Waals surface area contributed by atoms with E-state index in [1.54, 1.807) is 11.8 Å². The largest absolute Gasteiger partial charge is 0.381 e. The molecule has 0 saturated carbocycles. The van der Waals surface area contributed by atoms with Gasteiger partial charge in [0.15, 0.2) is 0 Å². The molecule has 1 aromatic carbocycles. The fraction of sp³-hybridized carbons (Fsp3) is 0.538. The van der Waals surface area contributed by atoms with Gasteiger partial charge < -0.3 is 4.74 Å². The third-order valence-electron chi connectivity index (χ3n) is 3.24. The molecule has 0 aliphatic carbocycles. The van der Waals surface area contributed by atoms with Crippen molar-refractivity contribution >= 4 is 37.7 Å². The normalized spacial score (nSPS) is 18.9. The first-order chi connectivity index (χ1) is 9.55. The average molecular weight is 380 g/mol. The number of benzene rings is 1. The van der Waals surface area contributed by atoms with Crippen LogP contribution in [0.4, 0.5) is 0 Å². The quantitative estimate of drug-likeness (QED) is 0.771. The van der Waals surface area contributed by atoms with E-state index in [1.165, 1.54) is 0 Å². The number of nitrogens with one attached hydrogen (secondary N) is 1. The number of hydrogen-bond donors (Lipinski definition) is 1. The average Bonchev–Trinajstić information content (AvgIpc) is 2.48. The lowest BCUT2D eigenvalue weighted by Crippen LogP contribution is -2.44. The Labute approximate surface area is 132 Å². The minimum Gasteiger partial charge on any atom is -0.381 e. The molecule has 0 spiro atoms. The zero-order valence-corrected chi connectivity index (χ0v) is 14.3. The monoisotopic (exact) mass is 379 g/mol. The zero-order valence-electron chi connectivity index (χ0n) is 11.0. The van der Waals surface area contributed by atoms with E-state index in [9.17, 15) is 8.42 Å². The predicted molar refractivity (Wildman–Crippen MR) is 85.8 cm³/mol. The Kier molecular flexibility index (Phi) is 5.92. The second-order valence-corrected chi connectivity index (χ2v) is 9.41. The molecule has 0 radical (unpaired) electrons. The van der Waals surface area contributed by atoms with Crippen LogP contribution in [0, 0.1) is 0 Å². The van der Waals surface area contributed by atoms with Crippen LogP contribution in [0.2, 0.25) is 0 Å². The van der Waals surface area contributed by atoms with Crippen molar-refractivity contribution < 1.29 is 13.2 Å². The summed E-state index contributed by atoms with van der Waals surface area (Å²) in [6, 6.07) is 10.1. The maximum Gasteiger partial charge on any atom is 0.221 e. The Balaban J connectivity index is 2.09. The van der Waals surface area contributed by atoms with Crippen LogP contribution in [0.3, 0.4) is 0 Å². The molecular formula is C13H18BrNO3S2. The van der Waals surface area contributed by atoms with E-state index in [1.807, 2.05) is 18.2 Å². The summed E-state index contributed by atoms with van der Waals surface area (Å²) in [7, 11) is -3.24. The van der Waals surface area contributed by atoms with Crippen LogP contribution in [-0.2, 0) is 14.8 Å². The predicted octanol–water partition coefficient (Wildman–Crippen LogP) is 2.60. The number of ether oxygens (including phenoxy) is 1. The highest BCUT2D eigenvalue weighted by Gasteiger charge is 2.34. The summed E-state index contributed by atoms with van der Waals surface area (Å²) in [5.74, 6) is 0. The van der Waals surface area contributed by atoms with Crippen LogP contribution in [0.15, 0.2) is 35.2 Å². The molecule has 0 aromatic heterocycles. The number of thioether (sulfide) groups is 1. The van der Waals surface area contributed by atoms with Crippen molar-refractivity contribution in [1.29, 1.82) is 0 Å². The summed E-state index contributed by atoms with van der Waals surface area (Å²) >= 11 is 4.74. The van der Waals surface area contributed by atoms with E-state index in [2.05, 4.69) is 32.8 Å². The van der Waals surface area contributed by atoms with Crippen LogP contribution in [0.1, 0.15) is 12.8 Å². The highest BCUT2D eigenvalue weighted by atomic mass is 79.9. The van der Waals surface area contributed by atoms with Crippen molar-refractivity contribution in [2.75, 3.05) is 24.4 Å². The van der Waals surface area contributed by atoms with Gasteiger partial charge in [-0.3, -0.25) is 0 Å². The standard InChI is InChI=1S/C13H18BrNO3S2/c14-11-20(16,17)15-10-13(6-8-18-9-7-13)19-12-4-2-1-3-5-12/h1-5,15H,6-11H2. The summed E-state index contributed by atoms with van der Waals surface area (Å²) in [6.45, 7) is 1.79. The highest BCUT2D eigenvalue weighted by Crippen LogP contribution is 2.40. The molecule has 7 heteroatoms. The van der Waals surface area contributed by atoms with Crippen molar-refractivity contribution in [3.63, 3.8) is 0 Å². The fourth-order valence-electron chi connectivity index (χ4n) is 2.08. The molecule has 1 aromatic rings. The van der Waals surface area contributed by atoms with Gasteiger partial charge in [-0.25, -0.2) is 13.1 Å². The number of hydrogen-bond acceptors (Lipinski definition) is 4. The van der Waals surface area contributed by atoms with E-state index in [0.717, 1.165) is 17.7 Å². The van der Waals surface area contributed by atoms with Crippen molar-refractivity contribution in [3.05, 3.63) is 30.3 Å². The van der Waals surface area contributed by atoms with Gasteiger partial charge in [0.05, 0.1) is 0 Å². The third kappa shape index (κ3) is 4.73. The van der Waals surface area contributed by atoms with Gasteiger partial charge in [-0.2, -0.15) is 0 Å². The fourth-order valence-corrected chi connectivity index (χ4v) is 4.54. The number of rotatable bonds is 6. The molecule has 1 aliphatic heterocycles. The lowest BCUT2D eigenvalue weighted by Gasteiger charge is -2.36. The van der Waals surface area contributed by atoms with E-state index in [-0.39, 0.29) is 9.41 Å². The molecule has 112 valence electrons. The SMILES string of the molecule is O=S(=O)(CBr)NCC1(Sc2ccccc2)CCOCC1. The van der Waals surface area contributed by atoms with Crippen molar-refractivity contribution in [3.8, 4) is 0 Å². The summed E-state index contributed by atoms with van der Waals surface area (Å²) in [5.41, 5.74) is 0. The molecule has 0 amide bonds. The van der Waals surface area contributed by atoms with Crippen molar-refractivity contribution in [2.45, 2.75) is 22.5 Å². The highest BCUT2D eigenvalue weighted by molar-refractivity contribution is 9.10.